The third kappa shape index (κ3) is 3.23. The van der Waals surface area contributed by atoms with Crippen LogP contribution in [0.15, 0.2) is 53.4 Å². The summed E-state index contributed by atoms with van der Waals surface area (Å²) < 4.78 is 38.3. The molecular formula is C16H17NO4S. The molecule has 0 saturated carbocycles. The lowest BCUT2D eigenvalue weighted by molar-refractivity contribution is -0.0793. The molecule has 6 heteroatoms. The van der Waals surface area contributed by atoms with Crippen molar-refractivity contribution in [1.82, 2.24) is 0 Å². The lowest BCUT2D eigenvalue weighted by Crippen LogP contribution is -2.38. The lowest BCUT2D eigenvalue weighted by Gasteiger charge is -2.27. The fraction of sp³-hybridized carbons (Fsp3) is 0.250. The molecular weight excluding hydrogens is 302 g/mol. The molecule has 116 valence electrons. The van der Waals surface area contributed by atoms with E-state index < -0.39 is 10.0 Å². The maximum Gasteiger partial charge on any atom is 0.262 e. The first-order valence-electron chi connectivity index (χ1n) is 6.97. The summed E-state index contributed by atoms with van der Waals surface area (Å²) in [6.07, 6.45) is -0.0231. The van der Waals surface area contributed by atoms with Crippen LogP contribution in [0.25, 0.3) is 0 Å². The maximum absolute atomic E-state index is 12.4. The quantitative estimate of drug-likeness (QED) is 0.920. The SMILES string of the molecule is Cc1ccc(S(=O)(=O)Nc2ccccc2OC2COC2)cc1. The summed E-state index contributed by atoms with van der Waals surface area (Å²) in [6, 6.07) is 13.7. The van der Waals surface area contributed by atoms with Gasteiger partial charge in [0.15, 0.2) is 0 Å². The average Bonchev–Trinajstić information content (AvgIpc) is 2.44. The molecule has 1 aliphatic rings. The van der Waals surface area contributed by atoms with Gasteiger partial charge < -0.3 is 9.47 Å². The summed E-state index contributed by atoms with van der Waals surface area (Å²) in [4.78, 5) is 0.222. The highest BCUT2D eigenvalue weighted by molar-refractivity contribution is 7.92. The summed E-state index contributed by atoms with van der Waals surface area (Å²) in [5.41, 5.74) is 1.43. The number of benzene rings is 2. The van der Waals surface area contributed by atoms with Gasteiger partial charge in [0.2, 0.25) is 0 Å². The van der Waals surface area contributed by atoms with Gasteiger partial charge in [0.05, 0.1) is 23.8 Å². The summed E-state index contributed by atoms with van der Waals surface area (Å²) >= 11 is 0. The molecule has 22 heavy (non-hydrogen) atoms. The number of rotatable bonds is 5. The largest absolute Gasteiger partial charge is 0.483 e. The zero-order chi connectivity index (χ0) is 15.6. The number of nitrogens with one attached hydrogen (secondary N) is 1. The van der Waals surface area contributed by atoms with E-state index in [1.807, 2.05) is 6.92 Å². The molecule has 0 amide bonds. The van der Waals surface area contributed by atoms with Gasteiger partial charge in [-0.1, -0.05) is 29.8 Å². The predicted octanol–water partition coefficient (Wildman–Crippen LogP) is 2.57. The van der Waals surface area contributed by atoms with Gasteiger partial charge in [0.1, 0.15) is 11.9 Å². The van der Waals surface area contributed by atoms with Gasteiger partial charge in [0.25, 0.3) is 10.0 Å². The van der Waals surface area contributed by atoms with Crippen molar-refractivity contribution in [3.05, 3.63) is 54.1 Å². The van der Waals surface area contributed by atoms with Crippen molar-refractivity contribution in [3.63, 3.8) is 0 Å². The Hall–Kier alpha value is -2.05. The van der Waals surface area contributed by atoms with Crippen LogP contribution in [0.1, 0.15) is 5.56 Å². The van der Waals surface area contributed by atoms with Crippen molar-refractivity contribution in [1.29, 1.82) is 0 Å². The van der Waals surface area contributed by atoms with Crippen LogP contribution < -0.4 is 9.46 Å². The molecule has 2 aromatic rings. The van der Waals surface area contributed by atoms with Crippen molar-refractivity contribution in [2.24, 2.45) is 0 Å². The molecule has 1 N–H and O–H groups in total. The Labute approximate surface area is 129 Å². The zero-order valence-electron chi connectivity index (χ0n) is 12.2. The standard InChI is InChI=1S/C16H17NO4S/c1-12-6-8-14(9-7-12)22(18,19)17-15-4-2-3-5-16(15)21-13-10-20-11-13/h2-9,13,17H,10-11H2,1H3. The number of hydrogen-bond acceptors (Lipinski definition) is 4. The first-order chi connectivity index (χ1) is 10.5. The summed E-state index contributed by atoms with van der Waals surface area (Å²) in [6.45, 7) is 2.96. The van der Waals surface area contributed by atoms with Crippen molar-refractivity contribution >= 4 is 15.7 Å². The molecule has 0 atom stereocenters. The highest BCUT2D eigenvalue weighted by Crippen LogP contribution is 2.28. The average molecular weight is 319 g/mol. The second kappa shape index (κ2) is 5.98. The number of hydrogen-bond donors (Lipinski definition) is 1. The van der Waals surface area contributed by atoms with Gasteiger partial charge in [-0.05, 0) is 31.2 Å². The van der Waals surface area contributed by atoms with Crippen molar-refractivity contribution < 1.29 is 17.9 Å². The van der Waals surface area contributed by atoms with Crippen LogP contribution in [-0.2, 0) is 14.8 Å². The Balaban J connectivity index is 1.83. The van der Waals surface area contributed by atoms with Gasteiger partial charge in [-0.25, -0.2) is 8.42 Å². The van der Waals surface area contributed by atoms with Gasteiger partial charge >= 0.3 is 0 Å². The molecule has 1 heterocycles. The summed E-state index contributed by atoms with van der Waals surface area (Å²) in [7, 11) is -3.64. The van der Waals surface area contributed by atoms with Gasteiger partial charge in [-0.15, -0.1) is 0 Å². The van der Waals surface area contributed by atoms with Gasteiger partial charge in [0, 0.05) is 0 Å². The van der Waals surface area contributed by atoms with Crippen molar-refractivity contribution in [2.75, 3.05) is 17.9 Å². The van der Waals surface area contributed by atoms with Crippen LogP contribution in [0.3, 0.4) is 0 Å². The Bertz CT molecular complexity index is 752. The van der Waals surface area contributed by atoms with E-state index in [-0.39, 0.29) is 11.0 Å². The van der Waals surface area contributed by atoms with E-state index in [0.29, 0.717) is 24.7 Å². The fourth-order valence-corrected chi connectivity index (χ4v) is 3.11. The third-order valence-electron chi connectivity index (χ3n) is 3.36. The van der Waals surface area contributed by atoms with Gasteiger partial charge in [-0.2, -0.15) is 0 Å². The Morgan fingerprint density at radius 1 is 1.09 bits per heavy atom. The minimum absolute atomic E-state index is 0.0231. The minimum Gasteiger partial charge on any atom is -0.483 e. The first-order valence-corrected chi connectivity index (χ1v) is 8.46. The number of ether oxygens (including phenoxy) is 2. The monoisotopic (exact) mass is 319 g/mol. The third-order valence-corrected chi connectivity index (χ3v) is 4.75. The molecule has 0 unspecified atom stereocenters. The maximum atomic E-state index is 12.4. The molecule has 0 aromatic heterocycles. The Kier molecular flexibility index (Phi) is 4.04. The molecule has 0 radical (unpaired) electrons. The molecule has 0 spiro atoms. The molecule has 1 aliphatic heterocycles. The van der Waals surface area contributed by atoms with E-state index in [1.165, 1.54) is 0 Å². The summed E-state index contributed by atoms with van der Waals surface area (Å²) in [5, 5.41) is 0. The molecule has 2 aromatic carbocycles. The Morgan fingerprint density at radius 2 is 1.77 bits per heavy atom. The van der Waals surface area contributed by atoms with Crippen LogP contribution in [0, 0.1) is 6.92 Å². The number of sulfonamides is 1. The van der Waals surface area contributed by atoms with Crippen molar-refractivity contribution in [2.45, 2.75) is 17.9 Å². The highest BCUT2D eigenvalue weighted by Gasteiger charge is 2.22. The van der Waals surface area contributed by atoms with Crippen LogP contribution >= 0.6 is 0 Å². The minimum atomic E-state index is -3.64. The molecule has 1 saturated heterocycles. The smallest absolute Gasteiger partial charge is 0.262 e. The zero-order valence-corrected chi connectivity index (χ0v) is 13.0. The predicted molar refractivity (Wildman–Crippen MR) is 83.7 cm³/mol. The van der Waals surface area contributed by atoms with Crippen molar-refractivity contribution in [3.8, 4) is 5.75 Å². The van der Waals surface area contributed by atoms with E-state index >= 15 is 0 Å². The molecule has 1 fully saturated rings. The molecule has 5 nitrogen and oxygen atoms in total. The first kappa shape index (κ1) is 14.9. The number of para-hydroxylation sites is 2. The molecule has 0 bridgehead atoms. The summed E-state index contributed by atoms with van der Waals surface area (Å²) in [5.74, 6) is 0.506. The molecule has 3 rings (SSSR count). The van der Waals surface area contributed by atoms with Gasteiger partial charge in [-0.3, -0.25) is 4.72 Å². The second-order valence-electron chi connectivity index (χ2n) is 5.19. The Morgan fingerprint density at radius 3 is 2.41 bits per heavy atom. The normalized spacial score (nSPS) is 15.1. The van der Waals surface area contributed by atoms with E-state index in [4.69, 9.17) is 9.47 Å². The number of anilines is 1. The molecule has 0 aliphatic carbocycles. The fourth-order valence-electron chi connectivity index (χ4n) is 2.04. The van der Waals surface area contributed by atoms with Crippen LogP contribution in [-0.4, -0.2) is 27.7 Å². The van der Waals surface area contributed by atoms with E-state index in [1.54, 1.807) is 48.5 Å². The number of aryl methyl sites for hydroxylation is 1. The lowest BCUT2D eigenvalue weighted by atomic mass is 10.2. The van der Waals surface area contributed by atoms with Crippen LogP contribution in [0.4, 0.5) is 5.69 Å². The topological polar surface area (TPSA) is 64.6 Å². The van der Waals surface area contributed by atoms with Crippen LogP contribution in [0.2, 0.25) is 0 Å². The van der Waals surface area contributed by atoms with E-state index in [0.717, 1.165) is 5.56 Å². The van der Waals surface area contributed by atoms with E-state index in [9.17, 15) is 8.42 Å². The highest BCUT2D eigenvalue weighted by atomic mass is 32.2. The van der Waals surface area contributed by atoms with Crippen LogP contribution in [0.5, 0.6) is 5.75 Å². The van der Waals surface area contributed by atoms with E-state index in [2.05, 4.69) is 4.72 Å². The second-order valence-corrected chi connectivity index (χ2v) is 6.87.